The Labute approximate surface area is 159 Å². The van der Waals surface area contributed by atoms with E-state index in [0.717, 1.165) is 25.9 Å². The number of rotatable bonds is 6. The van der Waals surface area contributed by atoms with Crippen molar-refractivity contribution in [2.24, 2.45) is 5.92 Å². The SMILES string of the molecule is COCCN1C[C@H](C(=O)NC2CCN(c3ccccc3F)CC2)CCC1=O. The fourth-order valence-electron chi connectivity index (χ4n) is 3.84. The van der Waals surface area contributed by atoms with E-state index in [1.54, 1.807) is 24.1 Å². The van der Waals surface area contributed by atoms with Crippen molar-refractivity contribution < 1.29 is 18.7 Å². The highest BCUT2D eigenvalue weighted by Gasteiger charge is 2.31. The van der Waals surface area contributed by atoms with Gasteiger partial charge in [-0.25, -0.2) is 4.39 Å². The number of nitrogens with zero attached hydrogens (tertiary/aromatic N) is 2. The number of hydrogen-bond acceptors (Lipinski definition) is 4. The van der Waals surface area contributed by atoms with Gasteiger partial charge in [0, 0.05) is 45.8 Å². The van der Waals surface area contributed by atoms with Gasteiger partial charge in [-0.2, -0.15) is 0 Å². The van der Waals surface area contributed by atoms with Crippen LogP contribution in [-0.4, -0.2) is 62.7 Å². The molecular formula is C20H28FN3O3. The molecule has 1 aromatic rings. The van der Waals surface area contributed by atoms with E-state index in [9.17, 15) is 14.0 Å². The van der Waals surface area contributed by atoms with Gasteiger partial charge in [-0.15, -0.1) is 0 Å². The molecule has 148 valence electrons. The minimum absolute atomic E-state index is 0.0225. The average molecular weight is 377 g/mol. The molecular weight excluding hydrogens is 349 g/mol. The summed E-state index contributed by atoms with van der Waals surface area (Å²) in [4.78, 5) is 28.4. The van der Waals surface area contributed by atoms with Crippen molar-refractivity contribution in [3.8, 4) is 0 Å². The number of hydrogen-bond donors (Lipinski definition) is 1. The zero-order valence-electron chi connectivity index (χ0n) is 15.8. The molecule has 2 fully saturated rings. The molecule has 6 nitrogen and oxygen atoms in total. The van der Waals surface area contributed by atoms with Gasteiger partial charge in [0.2, 0.25) is 11.8 Å². The van der Waals surface area contributed by atoms with E-state index in [0.29, 0.717) is 38.2 Å². The van der Waals surface area contributed by atoms with Gasteiger partial charge in [0.25, 0.3) is 0 Å². The molecule has 1 N–H and O–H groups in total. The van der Waals surface area contributed by atoms with Crippen molar-refractivity contribution in [2.45, 2.75) is 31.7 Å². The highest BCUT2D eigenvalue weighted by Crippen LogP contribution is 2.24. The number of piperidine rings is 2. The van der Waals surface area contributed by atoms with Crippen LogP contribution >= 0.6 is 0 Å². The first-order valence-electron chi connectivity index (χ1n) is 9.65. The first kappa shape index (κ1) is 19.6. The largest absolute Gasteiger partial charge is 0.383 e. The summed E-state index contributed by atoms with van der Waals surface area (Å²) in [6, 6.07) is 6.90. The van der Waals surface area contributed by atoms with Gasteiger partial charge < -0.3 is 19.9 Å². The Kier molecular flexibility index (Phi) is 6.66. The number of carbonyl (C=O) groups excluding carboxylic acids is 2. The highest BCUT2D eigenvalue weighted by molar-refractivity contribution is 5.84. The van der Waals surface area contributed by atoms with Gasteiger partial charge in [-0.3, -0.25) is 9.59 Å². The van der Waals surface area contributed by atoms with Crippen molar-refractivity contribution in [1.82, 2.24) is 10.2 Å². The molecule has 0 radical (unpaired) electrons. The predicted octanol–water partition coefficient (Wildman–Crippen LogP) is 1.80. The zero-order chi connectivity index (χ0) is 19.2. The fourth-order valence-corrected chi connectivity index (χ4v) is 3.84. The van der Waals surface area contributed by atoms with Crippen molar-refractivity contribution in [3.63, 3.8) is 0 Å². The number of anilines is 1. The number of carbonyl (C=O) groups is 2. The summed E-state index contributed by atoms with van der Waals surface area (Å²) in [5.41, 5.74) is 0.627. The minimum atomic E-state index is -0.206. The van der Waals surface area contributed by atoms with E-state index >= 15 is 0 Å². The van der Waals surface area contributed by atoms with Gasteiger partial charge in [-0.05, 0) is 31.4 Å². The van der Waals surface area contributed by atoms with Crippen LogP contribution in [0.5, 0.6) is 0 Å². The highest BCUT2D eigenvalue weighted by atomic mass is 19.1. The summed E-state index contributed by atoms with van der Waals surface area (Å²) < 4.78 is 19.0. The summed E-state index contributed by atoms with van der Waals surface area (Å²) in [5.74, 6) is -0.254. The molecule has 0 unspecified atom stereocenters. The van der Waals surface area contributed by atoms with E-state index in [1.165, 1.54) is 6.07 Å². The number of benzene rings is 1. The van der Waals surface area contributed by atoms with Crippen molar-refractivity contribution in [3.05, 3.63) is 30.1 Å². The van der Waals surface area contributed by atoms with Crippen LogP contribution < -0.4 is 10.2 Å². The van der Waals surface area contributed by atoms with Crippen LogP contribution in [0.4, 0.5) is 10.1 Å². The zero-order valence-corrected chi connectivity index (χ0v) is 15.8. The lowest BCUT2D eigenvalue weighted by Crippen LogP contribution is -2.50. The Morgan fingerprint density at radius 1 is 1.26 bits per heavy atom. The van der Waals surface area contributed by atoms with Gasteiger partial charge in [0.05, 0.1) is 18.2 Å². The van der Waals surface area contributed by atoms with Gasteiger partial charge in [-0.1, -0.05) is 12.1 Å². The molecule has 1 atom stereocenters. The van der Waals surface area contributed by atoms with Gasteiger partial charge >= 0.3 is 0 Å². The topological polar surface area (TPSA) is 61.9 Å². The van der Waals surface area contributed by atoms with Crippen LogP contribution in [0.25, 0.3) is 0 Å². The molecule has 2 saturated heterocycles. The third-order valence-corrected chi connectivity index (χ3v) is 5.47. The number of amides is 2. The average Bonchev–Trinajstić information content (AvgIpc) is 2.68. The first-order chi connectivity index (χ1) is 13.1. The number of halogens is 1. The van der Waals surface area contributed by atoms with Crippen LogP contribution in [0, 0.1) is 11.7 Å². The number of nitrogens with one attached hydrogen (secondary N) is 1. The Bertz CT molecular complexity index is 662. The molecule has 2 aliphatic heterocycles. The molecule has 0 aromatic heterocycles. The standard InChI is InChI=1S/C20H28FN3O3/c1-27-13-12-24-14-15(6-7-19(24)25)20(26)22-16-8-10-23(11-9-16)18-5-3-2-4-17(18)21/h2-5,15-16H,6-14H2,1H3,(H,22,26)/t15-/m1/s1. The second-order valence-corrected chi connectivity index (χ2v) is 7.29. The third kappa shape index (κ3) is 4.97. The van der Waals surface area contributed by atoms with E-state index < -0.39 is 0 Å². The normalized spacial score (nSPS) is 21.4. The van der Waals surface area contributed by atoms with E-state index in [4.69, 9.17) is 4.74 Å². The number of methoxy groups -OCH3 is 1. The third-order valence-electron chi connectivity index (χ3n) is 5.47. The lowest BCUT2D eigenvalue weighted by atomic mass is 9.95. The molecule has 3 rings (SSSR count). The lowest BCUT2D eigenvalue weighted by molar-refractivity contribution is -0.139. The lowest BCUT2D eigenvalue weighted by Gasteiger charge is -2.36. The molecule has 1 aromatic carbocycles. The summed E-state index contributed by atoms with van der Waals surface area (Å²) in [6.45, 7) is 2.90. The molecule has 2 aliphatic rings. The molecule has 0 spiro atoms. The molecule has 0 bridgehead atoms. The monoisotopic (exact) mass is 377 g/mol. The molecule has 27 heavy (non-hydrogen) atoms. The summed E-state index contributed by atoms with van der Waals surface area (Å²) in [7, 11) is 1.60. The Balaban J connectivity index is 1.48. The quantitative estimate of drug-likeness (QED) is 0.821. The maximum atomic E-state index is 13.9. The van der Waals surface area contributed by atoms with Crippen LogP contribution in [0.3, 0.4) is 0 Å². The van der Waals surface area contributed by atoms with E-state index in [2.05, 4.69) is 5.32 Å². The summed E-state index contributed by atoms with van der Waals surface area (Å²) in [6.07, 6.45) is 2.59. The van der Waals surface area contributed by atoms with Crippen molar-refractivity contribution in [1.29, 1.82) is 0 Å². The van der Waals surface area contributed by atoms with E-state index in [1.807, 2.05) is 11.0 Å². The van der Waals surface area contributed by atoms with Gasteiger partial charge in [0.15, 0.2) is 0 Å². The van der Waals surface area contributed by atoms with Crippen LogP contribution in [-0.2, 0) is 14.3 Å². The smallest absolute Gasteiger partial charge is 0.225 e. The van der Waals surface area contributed by atoms with Crippen LogP contribution in [0.2, 0.25) is 0 Å². The fraction of sp³-hybridized carbons (Fsp3) is 0.600. The van der Waals surface area contributed by atoms with Crippen LogP contribution in [0.1, 0.15) is 25.7 Å². The summed E-state index contributed by atoms with van der Waals surface area (Å²) >= 11 is 0. The Morgan fingerprint density at radius 3 is 2.70 bits per heavy atom. The maximum absolute atomic E-state index is 13.9. The number of ether oxygens (including phenoxy) is 1. The molecule has 0 saturated carbocycles. The number of para-hydroxylation sites is 1. The van der Waals surface area contributed by atoms with Crippen molar-refractivity contribution in [2.75, 3.05) is 44.8 Å². The molecule has 0 aliphatic carbocycles. The maximum Gasteiger partial charge on any atom is 0.225 e. The predicted molar refractivity (Wildman–Crippen MR) is 101 cm³/mol. The second-order valence-electron chi connectivity index (χ2n) is 7.29. The summed E-state index contributed by atoms with van der Waals surface area (Å²) in [5, 5.41) is 3.14. The Morgan fingerprint density at radius 2 is 2.00 bits per heavy atom. The molecule has 7 heteroatoms. The van der Waals surface area contributed by atoms with Gasteiger partial charge in [0.1, 0.15) is 5.82 Å². The second kappa shape index (κ2) is 9.17. The molecule has 2 amide bonds. The van der Waals surface area contributed by atoms with Crippen molar-refractivity contribution >= 4 is 17.5 Å². The Hall–Kier alpha value is -2.15. The minimum Gasteiger partial charge on any atom is -0.383 e. The van der Waals surface area contributed by atoms with Crippen LogP contribution in [0.15, 0.2) is 24.3 Å². The first-order valence-corrected chi connectivity index (χ1v) is 9.65. The van der Waals surface area contributed by atoms with E-state index in [-0.39, 0.29) is 29.6 Å². The number of likely N-dealkylation sites (tertiary alicyclic amines) is 1. The molecule has 2 heterocycles.